The Labute approximate surface area is 112 Å². The normalized spacial score (nSPS) is 22.8. The van der Waals surface area contributed by atoms with Crippen LogP contribution in [0.25, 0.3) is 0 Å². The average Bonchev–Trinajstić information content (AvgIpc) is 2.80. The number of rotatable bonds is 9. The van der Waals surface area contributed by atoms with Crippen LogP contribution in [-0.4, -0.2) is 72.9 Å². The third-order valence-corrected chi connectivity index (χ3v) is 4.03. The van der Waals surface area contributed by atoms with Crippen LogP contribution < -0.4 is 5.32 Å². The minimum absolute atomic E-state index is 0.283. The first-order valence-electron chi connectivity index (χ1n) is 7.55. The first-order chi connectivity index (χ1) is 8.74. The van der Waals surface area contributed by atoms with Gasteiger partial charge < -0.3 is 15.3 Å². The Hall–Kier alpha value is -0.160. The molecule has 1 heterocycles. The lowest BCUT2D eigenvalue weighted by atomic mass is 10.2. The third-order valence-electron chi connectivity index (χ3n) is 4.03. The maximum atomic E-state index is 9.09. The predicted molar refractivity (Wildman–Crippen MR) is 76.9 cm³/mol. The molecule has 0 bridgehead atoms. The van der Waals surface area contributed by atoms with Gasteiger partial charge in [-0.1, -0.05) is 20.8 Å². The lowest BCUT2D eigenvalue weighted by Crippen LogP contribution is -2.43. The topological polar surface area (TPSA) is 38.7 Å². The number of nitrogens with one attached hydrogen (secondary N) is 1. The predicted octanol–water partition coefficient (Wildman–Crippen LogP) is 0.763. The van der Waals surface area contributed by atoms with Crippen molar-refractivity contribution in [1.82, 2.24) is 15.1 Å². The van der Waals surface area contributed by atoms with Crippen molar-refractivity contribution in [1.29, 1.82) is 0 Å². The summed E-state index contributed by atoms with van der Waals surface area (Å²) in [7, 11) is 0. The fourth-order valence-corrected chi connectivity index (χ4v) is 3.03. The Bertz CT molecular complexity index is 203. The quantitative estimate of drug-likeness (QED) is 0.640. The van der Waals surface area contributed by atoms with Gasteiger partial charge >= 0.3 is 0 Å². The van der Waals surface area contributed by atoms with Crippen LogP contribution in [0.5, 0.6) is 0 Å². The summed E-state index contributed by atoms with van der Waals surface area (Å²) in [5, 5.41) is 12.6. The molecule has 4 heteroatoms. The number of likely N-dealkylation sites (N-methyl/N-ethyl adjacent to an activating group) is 2. The highest BCUT2D eigenvalue weighted by Crippen LogP contribution is 2.15. The summed E-state index contributed by atoms with van der Waals surface area (Å²) in [6, 6.07) is 1.17. The largest absolute Gasteiger partial charge is 0.396 e. The molecule has 1 fully saturated rings. The van der Waals surface area contributed by atoms with E-state index in [0.29, 0.717) is 6.04 Å². The van der Waals surface area contributed by atoms with E-state index in [2.05, 4.69) is 35.9 Å². The van der Waals surface area contributed by atoms with Gasteiger partial charge in [-0.2, -0.15) is 0 Å². The van der Waals surface area contributed by atoms with Gasteiger partial charge in [-0.25, -0.2) is 0 Å². The Morgan fingerprint density at radius 3 is 2.61 bits per heavy atom. The number of hydrogen-bond donors (Lipinski definition) is 2. The maximum absolute atomic E-state index is 9.09. The fourth-order valence-electron chi connectivity index (χ4n) is 3.03. The van der Waals surface area contributed by atoms with Crippen molar-refractivity contribution in [2.75, 3.05) is 45.9 Å². The second-order valence-electron chi connectivity index (χ2n) is 5.19. The van der Waals surface area contributed by atoms with Crippen LogP contribution in [0.4, 0.5) is 0 Å². The summed E-state index contributed by atoms with van der Waals surface area (Å²) in [6.07, 6.45) is 2.15. The molecule has 0 radical (unpaired) electrons. The van der Waals surface area contributed by atoms with Gasteiger partial charge in [-0.15, -0.1) is 0 Å². The van der Waals surface area contributed by atoms with Crippen LogP contribution in [0.2, 0.25) is 0 Å². The molecule has 2 atom stereocenters. The number of aliphatic hydroxyl groups excluding tert-OH is 1. The van der Waals surface area contributed by atoms with Gasteiger partial charge in [0.2, 0.25) is 0 Å². The SMILES string of the molecule is CCNC(CCO)CN1CCC(N(CC)CC)C1. The van der Waals surface area contributed by atoms with E-state index in [1.807, 2.05) is 0 Å². The molecule has 2 N–H and O–H groups in total. The van der Waals surface area contributed by atoms with E-state index >= 15 is 0 Å². The van der Waals surface area contributed by atoms with Gasteiger partial charge in [0.25, 0.3) is 0 Å². The smallest absolute Gasteiger partial charge is 0.0446 e. The highest BCUT2D eigenvalue weighted by molar-refractivity contribution is 4.85. The third kappa shape index (κ3) is 4.84. The summed E-state index contributed by atoms with van der Waals surface area (Å²) in [6.45, 7) is 13.7. The van der Waals surface area contributed by atoms with E-state index in [9.17, 15) is 0 Å². The van der Waals surface area contributed by atoms with E-state index in [0.717, 1.165) is 38.6 Å². The van der Waals surface area contributed by atoms with Gasteiger partial charge in [0.05, 0.1) is 0 Å². The van der Waals surface area contributed by atoms with E-state index in [-0.39, 0.29) is 6.61 Å². The Kier molecular flexibility index (Phi) is 7.82. The van der Waals surface area contributed by atoms with Crippen LogP contribution in [0, 0.1) is 0 Å². The second kappa shape index (κ2) is 8.86. The number of aliphatic hydroxyl groups is 1. The minimum atomic E-state index is 0.283. The van der Waals surface area contributed by atoms with Crippen molar-refractivity contribution in [3.05, 3.63) is 0 Å². The zero-order valence-electron chi connectivity index (χ0n) is 12.4. The fraction of sp³-hybridized carbons (Fsp3) is 1.00. The molecule has 18 heavy (non-hydrogen) atoms. The van der Waals surface area contributed by atoms with Crippen molar-refractivity contribution in [3.8, 4) is 0 Å². The first kappa shape index (κ1) is 15.9. The van der Waals surface area contributed by atoms with E-state index < -0.39 is 0 Å². The second-order valence-corrected chi connectivity index (χ2v) is 5.19. The van der Waals surface area contributed by atoms with E-state index in [4.69, 9.17) is 5.11 Å². The highest BCUT2D eigenvalue weighted by atomic mass is 16.3. The van der Waals surface area contributed by atoms with Crippen LogP contribution in [-0.2, 0) is 0 Å². The molecule has 1 aliphatic heterocycles. The van der Waals surface area contributed by atoms with Crippen LogP contribution in [0.1, 0.15) is 33.6 Å². The zero-order chi connectivity index (χ0) is 13.4. The van der Waals surface area contributed by atoms with Gasteiger partial charge in [-0.05, 0) is 39.0 Å². The maximum Gasteiger partial charge on any atom is 0.0446 e. The molecular formula is C14H31N3O. The van der Waals surface area contributed by atoms with Crippen LogP contribution >= 0.6 is 0 Å². The molecule has 2 unspecified atom stereocenters. The molecule has 1 saturated heterocycles. The number of hydrogen-bond acceptors (Lipinski definition) is 4. The lowest BCUT2D eigenvalue weighted by Gasteiger charge is -2.27. The lowest BCUT2D eigenvalue weighted by molar-refractivity contribution is 0.196. The molecule has 0 amide bonds. The Morgan fingerprint density at radius 1 is 1.33 bits per heavy atom. The summed E-state index contributed by atoms with van der Waals surface area (Å²) in [5.74, 6) is 0. The molecule has 108 valence electrons. The zero-order valence-corrected chi connectivity index (χ0v) is 12.4. The van der Waals surface area contributed by atoms with E-state index in [1.165, 1.54) is 19.5 Å². The molecule has 4 nitrogen and oxygen atoms in total. The first-order valence-corrected chi connectivity index (χ1v) is 7.55. The standard InChI is InChI=1S/C14H31N3O/c1-4-15-13(8-10-18)11-16-9-7-14(12-16)17(5-2)6-3/h13-15,18H,4-12H2,1-3H3. The minimum Gasteiger partial charge on any atom is -0.396 e. The molecular weight excluding hydrogens is 226 g/mol. The summed E-state index contributed by atoms with van der Waals surface area (Å²) >= 11 is 0. The highest BCUT2D eigenvalue weighted by Gasteiger charge is 2.27. The van der Waals surface area contributed by atoms with Crippen molar-refractivity contribution in [2.24, 2.45) is 0 Å². The van der Waals surface area contributed by atoms with Crippen molar-refractivity contribution >= 4 is 0 Å². The van der Waals surface area contributed by atoms with Crippen LogP contribution in [0.3, 0.4) is 0 Å². The van der Waals surface area contributed by atoms with Crippen molar-refractivity contribution < 1.29 is 5.11 Å². The molecule has 0 saturated carbocycles. The summed E-state index contributed by atoms with van der Waals surface area (Å²) < 4.78 is 0. The summed E-state index contributed by atoms with van der Waals surface area (Å²) in [4.78, 5) is 5.11. The molecule has 0 aromatic rings. The molecule has 0 aliphatic carbocycles. The van der Waals surface area contributed by atoms with Crippen molar-refractivity contribution in [3.63, 3.8) is 0 Å². The van der Waals surface area contributed by atoms with Gasteiger partial charge in [-0.3, -0.25) is 4.90 Å². The Balaban J connectivity index is 2.35. The Morgan fingerprint density at radius 2 is 2.06 bits per heavy atom. The number of nitrogens with zero attached hydrogens (tertiary/aromatic N) is 2. The number of likely N-dealkylation sites (tertiary alicyclic amines) is 1. The molecule has 0 spiro atoms. The molecule has 1 rings (SSSR count). The van der Waals surface area contributed by atoms with Crippen LogP contribution in [0.15, 0.2) is 0 Å². The molecule has 0 aromatic carbocycles. The van der Waals surface area contributed by atoms with E-state index in [1.54, 1.807) is 0 Å². The monoisotopic (exact) mass is 257 g/mol. The summed E-state index contributed by atoms with van der Waals surface area (Å²) in [5.41, 5.74) is 0. The van der Waals surface area contributed by atoms with Gasteiger partial charge in [0.15, 0.2) is 0 Å². The van der Waals surface area contributed by atoms with Crippen molar-refractivity contribution in [2.45, 2.75) is 45.7 Å². The molecule has 1 aliphatic rings. The molecule has 0 aromatic heterocycles. The van der Waals surface area contributed by atoms with Gasteiger partial charge in [0, 0.05) is 31.8 Å². The van der Waals surface area contributed by atoms with Gasteiger partial charge in [0.1, 0.15) is 0 Å². The average molecular weight is 257 g/mol.